The van der Waals surface area contributed by atoms with Crippen molar-refractivity contribution in [3.63, 3.8) is 0 Å². The summed E-state index contributed by atoms with van der Waals surface area (Å²) in [5, 5.41) is 0.485. The van der Waals surface area contributed by atoms with Crippen LogP contribution in [0.3, 0.4) is 0 Å². The first-order valence-electron chi connectivity index (χ1n) is 12.3. The molecule has 0 spiro atoms. The number of halogens is 1. The second-order valence-corrected chi connectivity index (χ2v) is 9.27. The molecule has 1 heterocycles. The molecule has 5 unspecified atom stereocenters. The molecule has 0 N–H and O–H groups in total. The van der Waals surface area contributed by atoms with Crippen LogP contribution in [-0.4, -0.2) is 55.1 Å². The summed E-state index contributed by atoms with van der Waals surface area (Å²) in [7, 11) is 0. The fourth-order valence-electron chi connectivity index (χ4n) is 4.30. The van der Waals surface area contributed by atoms with E-state index in [9.17, 15) is 19.2 Å². The van der Waals surface area contributed by atoms with Crippen molar-refractivity contribution in [2.75, 3.05) is 6.61 Å². The van der Waals surface area contributed by atoms with Gasteiger partial charge in [-0.1, -0.05) is 35.9 Å². The summed E-state index contributed by atoms with van der Waals surface area (Å²) in [6, 6.07) is 12.7. The van der Waals surface area contributed by atoms with Crippen molar-refractivity contribution in [1.82, 2.24) is 0 Å². The summed E-state index contributed by atoms with van der Waals surface area (Å²) >= 11 is 6.52. The van der Waals surface area contributed by atoms with Crippen molar-refractivity contribution in [2.45, 2.75) is 71.7 Å². The molecule has 1 saturated heterocycles. The van der Waals surface area contributed by atoms with Crippen LogP contribution in [-0.2, 0) is 49.3 Å². The third-order valence-corrected chi connectivity index (χ3v) is 6.08. The number of esters is 4. The van der Waals surface area contributed by atoms with Gasteiger partial charge in [-0.15, -0.1) is 0 Å². The van der Waals surface area contributed by atoms with Crippen LogP contribution in [0.25, 0.3) is 0 Å². The molecule has 2 aromatic rings. The van der Waals surface area contributed by atoms with Crippen molar-refractivity contribution < 1.29 is 47.6 Å². The number of benzene rings is 2. The quantitative estimate of drug-likeness (QED) is 0.326. The Morgan fingerprint density at radius 3 is 1.90 bits per heavy atom. The average molecular weight is 563 g/mol. The molecule has 11 heteroatoms. The van der Waals surface area contributed by atoms with Crippen LogP contribution in [0, 0.1) is 0 Å². The van der Waals surface area contributed by atoms with Crippen LogP contribution in [0.15, 0.2) is 42.5 Å². The zero-order valence-electron chi connectivity index (χ0n) is 22.3. The van der Waals surface area contributed by atoms with Crippen LogP contribution in [0.4, 0.5) is 0 Å². The summed E-state index contributed by atoms with van der Waals surface area (Å²) in [6.45, 7) is 7.08. The summed E-state index contributed by atoms with van der Waals surface area (Å²) in [5.74, 6) is -2.15. The molecular weight excluding hydrogens is 532 g/mol. The number of hydrogen-bond donors (Lipinski definition) is 0. The molecule has 10 nitrogen and oxygen atoms in total. The SMILES string of the molecule is CCOc1ccc(Cc2cc(C3OC(OC(C)=O)C(OC(C)=O)C(OC(C)=O)C3OC(C)=O)ccc2Cl)cc1. The Kier molecular flexibility index (Phi) is 10.3. The van der Waals surface area contributed by atoms with Crippen molar-refractivity contribution in [3.05, 3.63) is 64.2 Å². The molecule has 39 heavy (non-hydrogen) atoms. The Balaban J connectivity index is 2.03. The molecule has 0 aromatic heterocycles. The molecule has 1 aliphatic rings. The molecule has 5 atom stereocenters. The fourth-order valence-corrected chi connectivity index (χ4v) is 4.48. The average Bonchev–Trinajstić information content (AvgIpc) is 2.84. The Hall–Kier alpha value is -3.63. The van der Waals surface area contributed by atoms with Gasteiger partial charge in [-0.05, 0) is 48.2 Å². The maximum Gasteiger partial charge on any atom is 0.305 e. The van der Waals surface area contributed by atoms with Gasteiger partial charge in [0.05, 0.1) is 6.61 Å². The van der Waals surface area contributed by atoms with Gasteiger partial charge in [-0.25, -0.2) is 0 Å². The first-order chi connectivity index (χ1) is 18.5. The number of carbonyl (C=O) groups is 4. The minimum Gasteiger partial charge on any atom is -0.494 e. The first-order valence-corrected chi connectivity index (χ1v) is 12.7. The zero-order chi connectivity index (χ0) is 28.7. The highest BCUT2D eigenvalue weighted by molar-refractivity contribution is 6.31. The van der Waals surface area contributed by atoms with E-state index in [1.807, 2.05) is 31.2 Å². The van der Waals surface area contributed by atoms with Gasteiger partial charge in [0, 0.05) is 32.7 Å². The predicted octanol–water partition coefficient (Wildman–Crippen LogP) is 4.09. The highest BCUT2D eigenvalue weighted by atomic mass is 35.5. The summed E-state index contributed by atoms with van der Waals surface area (Å²) in [4.78, 5) is 47.9. The summed E-state index contributed by atoms with van der Waals surface area (Å²) in [5.41, 5.74) is 2.20. The molecule has 3 rings (SSSR count). The van der Waals surface area contributed by atoms with Gasteiger partial charge in [0.25, 0.3) is 0 Å². The number of hydrogen-bond acceptors (Lipinski definition) is 10. The highest BCUT2D eigenvalue weighted by Crippen LogP contribution is 2.39. The van der Waals surface area contributed by atoms with E-state index in [2.05, 4.69) is 0 Å². The molecule has 0 bridgehead atoms. The largest absolute Gasteiger partial charge is 0.494 e. The lowest BCUT2D eigenvalue weighted by atomic mass is 9.91. The fraction of sp³-hybridized carbons (Fsp3) is 0.429. The van der Waals surface area contributed by atoms with Gasteiger partial charge < -0.3 is 28.4 Å². The van der Waals surface area contributed by atoms with Gasteiger partial charge in [0.2, 0.25) is 12.4 Å². The van der Waals surface area contributed by atoms with E-state index >= 15 is 0 Å². The third kappa shape index (κ3) is 8.18. The van der Waals surface area contributed by atoms with Crippen LogP contribution in [0.1, 0.15) is 57.4 Å². The first kappa shape index (κ1) is 29.9. The molecule has 0 amide bonds. The Morgan fingerprint density at radius 1 is 0.769 bits per heavy atom. The normalized spacial score (nSPS) is 22.4. The van der Waals surface area contributed by atoms with Crippen molar-refractivity contribution in [2.24, 2.45) is 0 Å². The molecule has 210 valence electrons. The van der Waals surface area contributed by atoms with E-state index in [0.29, 0.717) is 23.6 Å². The second kappa shape index (κ2) is 13.4. The van der Waals surface area contributed by atoms with Gasteiger partial charge in [0.1, 0.15) is 11.9 Å². The van der Waals surface area contributed by atoms with Crippen LogP contribution >= 0.6 is 11.6 Å². The standard InChI is InChI=1S/C28H31ClO10/c1-6-34-22-10-7-19(8-11-22)13-21-14-20(9-12-23(21)29)24-25(35-15(2)30)26(36-16(3)31)27(37-17(4)32)28(39-24)38-18(5)33/h7-12,14,24-28H,6,13H2,1-5H3. The lowest BCUT2D eigenvalue weighted by Gasteiger charge is -2.44. The summed E-state index contributed by atoms with van der Waals surface area (Å²) in [6.07, 6.45) is -6.07. The van der Waals surface area contributed by atoms with Gasteiger partial charge in [-0.3, -0.25) is 19.2 Å². The molecule has 2 aromatic carbocycles. The minimum absolute atomic E-state index is 0.459. The molecule has 0 saturated carbocycles. The van der Waals surface area contributed by atoms with Crippen molar-refractivity contribution in [1.29, 1.82) is 0 Å². The van der Waals surface area contributed by atoms with Gasteiger partial charge in [-0.2, -0.15) is 0 Å². The lowest BCUT2D eigenvalue weighted by Crippen LogP contribution is -2.59. The molecular formula is C28H31ClO10. The van der Waals surface area contributed by atoms with Crippen molar-refractivity contribution >= 4 is 35.5 Å². The molecule has 0 aliphatic carbocycles. The molecule has 0 radical (unpaired) electrons. The Labute approximate surface area is 231 Å². The van der Waals surface area contributed by atoms with E-state index in [1.165, 1.54) is 6.92 Å². The maximum atomic E-state index is 12.1. The van der Waals surface area contributed by atoms with E-state index in [4.69, 9.17) is 40.0 Å². The van der Waals surface area contributed by atoms with Crippen LogP contribution < -0.4 is 4.74 Å². The Bertz CT molecular complexity index is 1200. The predicted molar refractivity (Wildman–Crippen MR) is 138 cm³/mol. The zero-order valence-corrected chi connectivity index (χ0v) is 23.1. The van der Waals surface area contributed by atoms with E-state index < -0.39 is 54.6 Å². The second-order valence-electron chi connectivity index (χ2n) is 8.86. The van der Waals surface area contributed by atoms with E-state index in [-0.39, 0.29) is 0 Å². The number of ether oxygens (including phenoxy) is 6. The smallest absolute Gasteiger partial charge is 0.305 e. The van der Waals surface area contributed by atoms with Crippen LogP contribution in [0.5, 0.6) is 5.75 Å². The number of rotatable bonds is 9. The van der Waals surface area contributed by atoms with Gasteiger partial charge >= 0.3 is 23.9 Å². The minimum atomic E-state index is -1.46. The Morgan fingerprint density at radius 2 is 1.33 bits per heavy atom. The highest BCUT2D eigenvalue weighted by Gasteiger charge is 2.53. The molecule has 1 aliphatic heterocycles. The topological polar surface area (TPSA) is 124 Å². The van der Waals surface area contributed by atoms with Gasteiger partial charge in [0.15, 0.2) is 12.2 Å². The van der Waals surface area contributed by atoms with Crippen molar-refractivity contribution in [3.8, 4) is 5.75 Å². The van der Waals surface area contributed by atoms with E-state index in [1.54, 1.807) is 18.2 Å². The molecule has 1 fully saturated rings. The van der Waals surface area contributed by atoms with E-state index in [0.717, 1.165) is 37.6 Å². The third-order valence-electron chi connectivity index (χ3n) is 5.71. The summed E-state index contributed by atoms with van der Waals surface area (Å²) < 4.78 is 33.2. The lowest BCUT2D eigenvalue weighted by molar-refractivity contribution is -0.298. The monoisotopic (exact) mass is 562 g/mol. The maximum absolute atomic E-state index is 12.1. The van der Waals surface area contributed by atoms with Crippen LogP contribution in [0.2, 0.25) is 5.02 Å². The number of carbonyl (C=O) groups excluding carboxylic acids is 4.